The largest absolute Gasteiger partial charge is 0.378 e. The van der Waals surface area contributed by atoms with E-state index in [9.17, 15) is 0 Å². The second kappa shape index (κ2) is 7.77. The van der Waals surface area contributed by atoms with Crippen LogP contribution in [0.5, 0.6) is 0 Å². The fourth-order valence-corrected chi connectivity index (χ4v) is 4.50. The first-order chi connectivity index (χ1) is 14.3. The van der Waals surface area contributed by atoms with Gasteiger partial charge in [0.1, 0.15) is 0 Å². The van der Waals surface area contributed by atoms with Crippen LogP contribution in [0.1, 0.15) is 35.1 Å². The molecule has 2 atom stereocenters. The van der Waals surface area contributed by atoms with Crippen LogP contribution in [-0.2, 0) is 0 Å². The number of rotatable bonds is 3. The Balaban J connectivity index is 1.49. The second-order valence-electron chi connectivity index (χ2n) is 7.62. The van der Waals surface area contributed by atoms with Gasteiger partial charge in [-0.25, -0.2) is 0 Å². The Bertz CT molecular complexity index is 1100. The molecule has 4 aromatic rings. The average Bonchev–Trinajstić information content (AvgIpc) is 2.80. The number of hydrogen-bond donors (Lipinski definition) is 1. The van der Waals surface area contributed by atoms with Gasteiger partial charge in [0.05, 0.1) is 6.04 Å². The van der Waals surface area contributed by atoms with Crippen LogP contribution in [0.15, 0.2) is 103 Å². The van der Waals surface area contributed by atoms with Gasteiger partial charge in [0.2, 0.25) is 0 Å². The van der Waals surface area contributed by atoms with E-state index in [-0.39, 0.29) is 6.04 Å². The van der Waals surface area contributed by atoms with E-state index in [2.05, 4.69) is 102 Å². The molecular formula is C27H22ClN. The van der Waals surface area contributed by atoms with Crippen molar-refractivity contribution in [3.8, 4) is 11.1 Å². The second-order valence-corrected chi connectivity index (χ2v) is 8.05. The van der Waals surface area contributed by atoms with Crippen molar-refractivity contribution in [2.75, 3.05) is 5.32 Å². The predicted octanol–water partition coefficient (Wildman–Crippen LogP) is 7.70. The van der Waals surface area contributed by atoms with E-state index in [1.165, 1.54) is 33.5 Å². The van der Waals surface area contributed by atoms with Crippen LogP contribution >= 0.6 is 11.6 Å². The summed E-state index contributed by atoms with van der Waals surface area (Å²) in [5.41, 5.74) is 7.59. The minimum atomic E-state index is 0.263. The number of benzene rings is 4. The lowest BCUT2D eigenvalue weighted by Gasteiger charge is -2.34. The lowest BCUT2D eigenvalue weighted by atomic mass is 9.80. The molecule has 0 spiro atoms. The third-order valence-electron chi connectivity index (χ3n) is 5.81. The van der Waals surface area contributed by atoms with E-state index < -0.39 is 0 Å². The van der Waals surface area contributed by atoms with Crippen LogP contribution in [-0.4, -0.2) is 0 Å². The average molecular weight is 396 g/mol. The van der Waals surface area contributed by atoms with Gasteiger partial charge in [-0.2, -0.15) is 0 Å². The van der Waals surface area contributed by atoms with Crippen LogP contribution < -0.4 is 5.32 Å². The van der Waals surface area contributed by atoms with Gasteiger partial charge in [-0.05, 0) is 52.4 Å². The molecule has 1 aliphatic heterocycles. The van der Waals surface area contributed by atoms with E-state index >= 15 is 0 Å². The molecule has 0 bridgehead atoms. The number of halogens is 1. The fourth-order valence-electron chi connectivity index (χ4n) is 4.32. The summed E-state index contributed by atoms with van der Waals surface area (Å²) in [4.78, 5) is 0. The molecule has 1 N–H and O–H groups in total. The van der Waals surface area contributed by atoms with Gasteiger partial charge in [-0.1, -0.05) is 96.5 Å². The summed E-state index contributed by atoms with van der Waals surface area (Å²) in [6.07, 6.45) is 1.00. The number of anilines is 1. The Morgan fingerprint density at radius 1 is 0.655 bits per heavy atom. The quantitative estimate of drug-likeness (QED) is 0.374. The molecule has 0 saturated heterocycles. The van der Waals surface area contributed by atoms with Crippen molar-refractivity contribution in [2.24, 2.45) is 0 Å². The summed E-state index contributed by atoms with van der Waals surface area (Å²) < 4.78 is 0. The molecule has 0 aliphatic carbocycles. The molecule has 142 valence electrons. The van der Waals surface area contributed by atoms with Crippen molar-refractivity contribution in [1.82, 2.24) is 0 Å². The van der Waals surface area contributed by atoms with Gasteiger partial charge in [0.15, 0.2) is 0 Å². The van der Waals surface area contributed by atoms with Crippen molar-refractivity contribution in [3.63, 3.8) is 0 Å². The maximum absolute atomic E-state index is 6.33. The Kier molecular flexibility index (Phi) is 4.83. The highest BCUT2D eigenvalue weighted by molar-refractivity contribution is 6.30. The molecule has 1 aliphatic rings. The molecule has 0 aromatic heterocycles. The summed E-state index contributed by atoms with van der Waals surface area (Å²) in [5, 5.41) is 4.53. The zero-order chi connectivity index (χ0) is 19.6. The fraction of sp³-hybridized carbons (Fsp3) is 0.111. The summed E-state index contributed by atoms with van der Waals surface area (Å²) >= 11 is 6.33. The summed E-state index contributed by atoms with van der Waals surface area (Å²) in [7, 11) is 0. The normalized spacial score (nSPS) is 18.0. The highest BCUT2D eigenvalue weighted by Gasteiger charge is 2.28. The van der Waals surface area contributed by atoms with E-state index in [0.717, 1.165) is 11.4 Å². The third-order valence-corrected chi connectivity index (χ3v) is 6.05. The molecule has 4 aromatic carbocycles. The molecule has 2 heteroatoms. The van der Waals surface area contributed by atoms with Crippen LogP contribution in [0, 0.1) is 0 Å². The molecule has 0 amide bonds. The predicted molar refractivity (Wildman–Crippen MR) is 123 cm³/mol. The minimum absolute atomic E-state index is 0.263. The number of hydrogen-bond acceptors (Lipinski definition) is 1. The maximum Gasteiger partial charge on any atom is 0.0523 e. The highest BCUT2D eigenvalue weighted by Crippen LogP contribution is 2.44. The standard InChI is InChI=1S/C27H22ClN/c28-23-15-16-26-25(17-23)24(21-9-5-2-6-10-21)18-27(29-26)22-13-11-20(12-14-22)19-7-3-1-4-8-19/h1-17,24,27,29H,18H2/t24-,27+/m0/s1. The SMILES string of the molecule is Clc1ccc2c(c1)[C@H](c1ccccc1)C[C@H](c1ccc(-c3ccccc3)cc1)N2. The Morgan fingerprint density at radius 3 is 2.03 bits per heavy atom. The van der Waals surface area contributed by atoms with Crippen LogP contribution in [0.3, 0.4) is 0 Å². The number of nitrogens with one attached hydrogen (secondary N) is 1. The summed E-state index contributed by atoms with van der Waals surface area (Å²) in [6, 6.07) is 36.7. The zero-order valence-electron chi connectivity index (χ0n) is 16.1. The molecule has 1 nitrogen and oxygen atoms in total. The minimum Gasteiger partial charge on any atom is -0.378 e. The molecule has 0 fully saturated rings. The van der Waals surface area contributed by atoms with Crippen LogP contribution in [0.2, 0.25) is 5.02 Å². The van der Waals surface area contributed by atoms with Crippen molar-refractivity contribution >= 4 is 17.3 Å². The third kappa shape index (κ3) is 3.66. The van der Waals surface area contributed by atoms with Crippen molar-refractivity contribution in [3.05, 3.63) is 125 Å². The van der Waals surface area contributed by atoms with Gasteiger partial charge in [-0.3, -0.25) is 0 Å². The van der Waals surface area contributed by atoms with Crippen LogP contribution in [0.4, 0.5) is 5.69 Å². The molecule has 1 heterocycles. The number of fused-ring (bicyclic) bond motifs is 1. The first-order valence-electron chi connectivity index (χ1n) is 10.0. The smallest absolute Gasteiger partial charge is 0.0523 e. The van der Waals surface area contributed by atoms with E-state index in [1.54, 1.807) is 0 Å². The van der Waals surface area contributed by atoms with Crippen molar-refractivity contribution in [1.29, 1.82) is 0 Å². The van der Waals surface area contributed by atoms with Crippen molar-refractivity contribution < 1.29 is 0 Å². The molecule has 0 saturated carbocycles. The molecule has 29 heavy (non-hydrogen) atoms. The first-order valence-corrected chi connectivity index (χ1v) is 10.4. The zero-order valence-corrected chi connectivity index (χ0v) is 16.8. The van der Waals surface area contributed by atoms with Gasteiger partial charge in [0.25, 0.3) is 0 Å². The Labute approximate surface area is 177 Å². The van der Waals surface area contributed by atoms with Gasteiger partial charge < -0.3 is 5.32 Å². The van der Waals surface area contributed by atoms with Gasteiger partial charge in [-0.15, -0.1) is 0 Å². The molecule has 0 unspecified atom stereocenters. The highest BCUT2D eigenvalue weighted by atomic mass is 35.5. The summed E-state index contributed by atoms with van der Waals surface area (Å²) in [5.74, 6) is 0.324. The molecule has 0 radical (unpaired) electrons. The van der Waals surface area contributed by atoms with E-state index in [0.29, 0.717) is 5.92 Å². The lowest BCUT2D eigenvalue weighted by molar-refractivity contribution is 0.603. The van der Waals surface area contributed by atoms with E-state index in [1.807, 2.05) is 6.07 Å². The Morgan fingerprint density at radius 2 is 1.31 bits per heavy atom. The lowest BCUT2D eigenvalue weighted by Crippen LogP contribution is -2.22. The molecular weight excluding hydrogens is 374 g/mol. The van der Waals surface area contributed by atoms with Crippen LogP contribution in [0.25, 0.3) is 11.1 Å². The maximum atomic E-state index is 6.33. The van der Waals surface area contributed by atoms with Crippen molar-refractivity contribution in [2.45, 2.75) is 18.4 Å². The van der Waals surface area contributed by atoms with E-state index in [4.69, 9.17) is 11.6 Å². The monoisotopic (exact) mass is 395 g/mol. The van der Waals surface area contributed by atoms with Gasteiger partial charge >= 0.3 is 0 Å². The first kappa shape index (κ1) is 18.0. The summed E-state index contributed by atoms with van der Waals surface area (Å²) in [6.45, 7) is 0. The van der Waals surface area contributed by atoms with Gasteiger partial charge in [0, 0.05) is 16.6 Å². The Hall–Kier alpha value is -3.03. The molecule has 5 rings (SSSR count). The topological polar surface area (TPSA) is 12.0 Å².